The predicted octanol–water partition coefficient (Wildman–Crippen LogP) is 2.40. The first-order valence-corrected chi connectivity index (χ1v) is 4.05. The molecule has 0 bridgehead atoms. The summed E-state index contributed by atoms with van der Waals surface area (Å²) >= 11 is 0. The van der Waals surface area contributed by atoms with Crippen LogP contribution in [-0.4, -0.2) is 0 Å². The lowest BCUT2D eigenvalue weighted by atomic mass is 9.97. The summed E-state index contributed by atoms with van der Waals surface area (Å²) in [4.78, 5) is 0. The van der Waals surface area contributed by atoms with E-state index in [2.05, 4.69) is 21.9 Å². The number of nitriles is 1. The van der Waals surface area contributed by atoms with E-state index in [1.54, 1.807) is 0 Å². The zero-order chi connectivity index (χ0) is 8.27. The molecule has 1 aliphatic carbocycles. The van der Waals surface area contributed by atoms with Gasteiger partial charge in [-0.05, 0) is 23.7 Å². The Labute approximate surface area is 69.3 Å². The van der Waals surface area contributed by atoms with Crippen LogP contribution in [0, 0.1) is 17.2 Å². The molecule has 56 valence electrons. The molecular weight excluding hydrogens is 153 g/mol. The van der Waals surface area contributed by atoms with Gasteiger partial charge >= 0.3 is 0 Å². The van der Waals surface area contributed by atoms with Gasteiger partial charge in [0.1, 0.15) is 0 Å². The molecule has 0 aromatic heterocycles. The largest absolute Gasteiger partial charge is 0.192 e. The summed E-state index contributed by atoms with van der Waals surface area (Å²) in [5.41, 5.74) is 0.771. The third-order valence-electron chi connectivity index (χ3n) is 1.73. The lowest BCUT2D eigenvalue weighted by Crippen LogP contribution is -1.97. The molecular formula is C9H10NP. The molecule has 0 aromatic rings. The molecule has 0 saturated carbocycles. The summed E-state index contributed by atoms with van der Waals surface area (Å²) in [6.45, 7) is 3.70. The fourth-order valence-corrected chi connectivity index (χ4v) is 1.46. The number of rotatable bonds is 1. The average Bonchev–Trinajstić information content (AvgIpc) is 2.04. The van der Waals surface area contributed by atoms with Crippen molar-refractivity contribution >= 4 is 9.24 Å². The highest BCUT2D eigenvalue weighted by Crippen LogP contribution is 2.28. The van der Waals surface area contributed by atoms with Crippen molar-refractivity contribution in [1.29, 1.82) is 5.26 Å². The van der Waals surface area contributed by atoms with E-state index >= 15 is 0 Å². The third kappa shape index (κ3) is 1.79. The second-order valence-corrected chi connectivity index (χ2v) is 3.21. The molecule has 0 fully saturated rings. The summed E-state index contributed by atoms with van der Waals surface area (Å²) in [6, 6.07) is 2.14. The zero-order valence-electron chi connectivity index (χ0n) is 6.25. The Bertz CT molecular complexity index is 268. The zero-order valence-corrected chi connectivity index (χ0v) is 7.40. The highest BCUT2D eigenvalue weighted by Gasteiger charge is 2.09. The lowest BCUT2D eigenvalue weighted by molar-refractivity contribution is 0.810. The van der Waals surface area contributed by atoms with Crippen molar-refractivity contribution < 1.29 is 0 Å². The highest BCUT2D eigenvalue weighted by molar-refractivity contribution is 7.22. The Morgan fingerprint density at radius 2 is 2.55 bits per heavy atom. The van der Waals surface area contributed by atoms with Gasteiger partial charge in [0.25, 0.3) is 0 Å². The third-order valence-corrected chi connectivity index (χ3v) is 2.28. The highest BCUT2D eigenvalue weighted by atomic mass is 31.0. The van der Waals surface area contributed by atoms with Gasteiger partial charge in [-0.15, -0.1) is 15.8 Å². The topological polar surface area (TPSA) is 23.8 Å². The Balaban J connectivity index is 2.83. The van der Waals surface area contributed by atoms with Crippen LogP contribution in [0.15, 0.2) is 35.7 Å². The van der Waals surface area contributed by atoms with Crippen LogP contribution < -0.4 is 0 Å². The van der Waals surface area contributed by atoms with E-state index in [9.17, 15) is 0 Å². The van der Waals surface area contributed by atoms with Gasteiger partial charge in [-0.3, -0.25) is 0 Å². The minimum atomic E-state index is 0.402. The molecule has 1 aliphatic rings. The summed E-state index contributed by atoms with van der Waals surface area (Å²) in [5.74, 6) is 0.402. The number of nitrogens with zero attached hydrogens (tertiary/aromatic N) is 1. The molecule has 1 nitrogen and oxygen atoms in total. The molecule has 0 radical (unpaired) electrons. The normalized spacial score (nSPS) is 23.1. The van der Waals surface area contributed by atoms with Gasteiger partial charge in [0, 0.05) is 0 Å². The fourth-order valence-electron chi connectivity index (χ4n) is 1.03. The summed E-state index contributed by atoms with van der Waals surface area (Å²) in [5, 5.41) is 9.71. The Morgan fingerprint density at radius 3 is 3.00 bits per heavy atom. The van der Waals surface area contributed by atoms with Crippen LogP contribution in [0.5, 0.6) is 0 Å². The number of hydrogen-bond donors (Lipinski definition) is 0. The fraction of sp³-hybridized carbons (Fsp3) is 0.222. The molecule has 0 saturated heterocycles. The smallest absolute Gasteiger partial charge is 0.0994 e. The van der Waals surface area contributed by atoms with Crippen LogP contribution >= 0.6 is 9.24 Å². The molecule has 0 aromatic carbocycles. The first-order valence-electron chi connectivity index (χ1n) is 3.47. The first-order chi connectivity index (χ1) is 5.27. The Hall–Kier alpha value is -0.860. The number of hydrogen-bond acceptors (Lipinski definition) is 1. The van der Waals surface area contributed by atoms with Crippen LogP contribution in [0.25, 0.3) is 0 Å². The molecule has 1 rings (SSSR count). The van der Waals surface area contributed by atoms with E-state index in [1.165, 1.54) is 0 Å². The summed E-state index contributed by atoms with van der Waals surface area (Å²) in [7, 11) is 2.60. The standard InChI is InChI=1S/C9H10NP/c1-2-7-3-4-8(6-10)9(11)5-7/h2-4,7H,1,5,11H2. The minimum absolute atomic E-state index is 0.402. The first kappa shape index (κ1) is 8.24. The van der Waals surface area contributed by atoms with Crippen molar-refractivity contribution in [1.82, 2.24) is 0 Å². The molecule has 0 spiro atoms. The van der Waals surface area contributed by atoms with E-state index in [0.29, 0.717) is 5.92 Å². The van der Waals surface area contributed by atoms with Gasteiger partial charge in [0.15, 0.2) is 0 Å². The van der Waals surface area contributed by atoms with Crippen molar-refractivity contribution in [2.45, 2.75) is 6.42 Å². The van der Waals surface area contributed by atoms with E-state index < -0.39 is 0 Å². The molecule has 0 aliphatic heterocycles. The molecule has 2 unspecified atom stereocenters. The maximum Gasteiger partial charge on any atom is 0.0994 e. The van der Waals surface area contributed by atoms with Crippen LogP contribution in [0.4, 0.5) is 0 Å². The van der Waals surface area contributed by atoms with E-state index in [0.717, 1.165) is 17.3 Å². The SMILES string of the molecule is C=CC1C=CC(C#N)=C(P)C1. The van der Waals surface area contributed by atoms with Crippen LogP contribution in [0.3, 0.4) is 0 Å². The van der Waals surface area contributed by atoms with Gasteiger partial charge in [0.05, 0.1) is 11.6 Å². The van der Waals surface area contributed by atoms with Crippen molar-refractivity contribution in [3.05, 3.63) is 35.7 Å². The maximum absolute atomic E-state index is 8.62. The van der Waals surface area contributed by atoms with E-state index in [-0.39, 0.29) is 0 Å². The molecule has 11 heavy (non-hydrogen) atoms. The predicted molar refractivity (Wildman–Crippen MR) is 49.8 cm³/mol. The monoisotopic (exact) mass is 163 g/mol. The van der Waals surface area contributed by atoms with Gasteiger partial charge in [-0.25, -0.2) is 0 Å². The van der Waals surface area contributed by atoms with Crippen molar-refractivity contribution in [2.75, 3.05) is 0 Å². The number of allylic oxidation sites excluding steroid dienone is 5. The quantitative estimate of drug-likeness (QED) is 0.430. The molecule has 0 N–H and O–H groups in total. The maximum atomic E-state index is 8.62. The van der Waals surface area contributed by atoms with E-state index in [1.807, 2.05) is 18.2 Å². The van der Waals surface area contributed by atoms with Crippen LogP contribution in [0.1, 0.15) is 6.42 Å². The van der Waals surface area contributed by atoms with Crippen molar-refractivity contribution in [3.8, 4) is 6.07 Å². The molecule has 2 atom stereocenters. The van der Waals surface area contributed by atoms with Crippen LogP contribution in [-0.2, 0) is 0 Å². The minimum Gasteiger partial charge on any atom is -0.192 e. The lowest BCUT2D eigenvalue weighted by Gasteiger charge is -2.12. The van der Waals surface area contributed by atoms with Crippen molar-refractivity contribution in [3.63, 3.8) is 0 Å². The second-order valence-electron chi connectivity index (χ2n) is 2.51. The van der Waals surface area contributed by atoms with Gasteiger partial charge < -0.3 is 0 Å². The van der Waals surface area contributed by atoms with Crippen LogP contribution in [0.2, 0.25) is 0 Å². The second kappa shape index (κ2) is 3.51. The summed E-state index contributed by atoms with van der Waals surface area (Å²) < 4.78 is 0. The van der Waals surface area contributed by atoms with Crippen molar-refractivity contribution in [2.24, 2.45) is 5.92 Å². The van der Waals surface area contributed by atoms with E-state index in [4.69, 9.17) is 5.26 Å². The Kier molecular flexibility index (Phi) is 2.63. The molecule has 0 amide bonds. The summed E-state index contributed by atoms with van der Waals surface area (Å²) in [6.07, 6.45) is 6.68. The van der Waals surface area contributed by atoms with Gasteiger partial charge in [-0.1, -0.05) is 12.2 Å². The molecule has 2 heteroatoms. The average molecular weight is 163 g/mol. The van der Waals surface area contributed by atoms with Gasteiger partial charge in [-0.2, -0.15) is 5.26 Å². The van der Waals surface area contributed by atoms with Gasteiger partial charge in [0.2, 0.25) is 0 Å². The Morgan fingerprint density at radius 1 is 1.82 bits per heavy atom. The molecule has 0 heterocycles.